The van der Waals surface area contributed by atoms with Gasteiger partial charge in [0.15, 0.2) is 6.17 Å². The number of aliphatic hydroxyl groups excluding tert-OH is 2. The number of aliphatic hydroxyl groups is 2. The van der Waals surface area contributed by atoms with Crippen molar-refractivity contribution >= 4 is 0 Å². The molecular weight excluding hydrogens is 219 g/mol. The molecule has 4 atom stereocenters. The molecule has 0 aliphatic carbocycles. The molecule has 2 heterocycles. The van der Waals surface area contributed by atoms with Crippen LogP contribution in [0.4, 0.5) is 4.39 Å². The summed E-state index contributed by atoms with van der Waals surface area (Å²) in [6.45, 7) is -0.471. The molecule has 0 spiro atoms. The Balaban J connectivity index is 2.22. The Labute approximate surface area is 89.7 Å². The second-order valence-corrected chi connectivity index (χ2v) is 3.55. The minimum atomic E-state index is -1.67. The fourth-order valence-electron chi connectivity index (χ4n) is 1.62. The lowest BCUT2D eigenvalue weighted by atomic mass is 10.1. The minimum absolute atomic E-state index is 0.183. The zero-order chi connectivity index (χ0) is 11.7. The normalized spacial score (nSPS) is 34.2. The Hall–Kier alpha value is -1.31. The fourth-order valence-corrected chi connectivity index (χ4v) is 1.62. The monoisotopic (exact) mass is 230 g/mol. The quantitative estimate of drug-likeness (QED) is 0.599. The van der Waals surface area contributed by atoms with Crippen molar-refractivity contribution in [2.24, 2.45) is 0 Å². The third-order valence-electron chi connectivity index (χ3n) is 2.48. The topological polar surface area (TPSA) is 95.4 Å². The second-order valence-electron chi connectivity index (χ2n) is 3.55. The molecule has 6 nitrogen and oxygen atoms in total. The van der Waals surface area contributed by atoms with Crippen LogP contribution in [0.2, 0.25) is 0 Å². The lowest BCUT2D eigenvalue weighted by molar-refractivity contribution is -0.0237. The summed E-state index contributed by atoms with van der Waals surface area (Å²) in [7, 11) is 0. The minimum Gasteiger partial charge on any atom is -0.394 e. The smallest absolute Gasteiger partial charge is 0.266 e. The summed E-state index contributed by atoms with van der Waals surface area (Å²) in [4.78, 5) is 16.8. The molecule has 16 heavy (non-hydrogen) atoms. The highest BCUT2D eigenvalue weighted by Gasteiger charge is 2.45. The summed E-state index contributed by atoms with van der Waals surface area (Å²) >= 11 is 0. The lowest BCUT2D eigenvalue weighted by Gasteiger charge is -2.11. The van der Waals surface area contributed by atoms with Crippen molar-refractivity contribution in [2.45, 2.75) is 24.5 Å². The van der Waals surface area contributed by atoms with Crippen molar-refractivity contribution in [1.82, 2.24) is 9.97 Å². The van der Waals surface area contributed by atoms with Crippen LogP contribution in [0, 0.1) is 0 Å². The molecule has 2 rings (SSSR count). The third-order valence-corrected chi connectivity index (χ3v) is 2.48. The number of aromatic nitrogens is 2. The number of aromatic amines is 1. The van der Waals surface area contributed by atoms with Gasteiger partial charge in [-0.05, 0) is 0 Å². The van der Waals surface area contributed by atoms with E-state index in [0.29, 0.717) is 0 Å². The molecule has 0 radical (unpaired) electrons. The van der Waals surface area contributed by atoms with Gasteiger partial charge in [0, 0.05) is 6.20 Å². The molecule has 1 aromatic rings. The third kappa shape index (κ3) is 1.84. The predicted molar refractivity (Wildman–Crippen MR) is 50.5 cm³/mol. The fraction of sp³-hybridized carbons (Fsp3) is 0.556. The van der Waals surface area contributed by atoms with Crippen molar-refractivity contribution < 1.29 is 19.3 Å². The molecule has 1 aliphatic rings. The lowest BCUT2D eigenvalue weighted by Crippen LogP contribution is -2.30. The van der Waals surface area contributed by atoms with E-state index < -0.39 is 36.6 Å². The van der Waals surface area contributed by atoms with E-state index in [1.165, 1.54) is 6.20 Å². The molecule has 1 aromatic heterocycles. The Morgan fingerprint density at radius 1 is 1.62 bits per heavy atom. The van der Waals surface area contributed by atoms with Crippen LogP contribution in [0.25, 0.3) is 0 Å². The first kappa shape index (κ1) is 11.2. The number of nitrogens with one attached hydrogen (secondary N) is 1. The van der Waals surface area contributed by atoms with Gasteiger partial charge < -0.3 is 19.9 Å². The Kier molecular flexibility index (Phi) is 2.99. The first-order valence-electron chi connectivity index (χ1n) is 4.76. The predicted octanol–water partition coefficient (Wildman–Crippen LogP) is -1.10. The molecule has 1 saturated heterocycles. The highest BCUT2D eigenvalue weighted by molar-refractivity contribution is 5.07. The number of halogens is 1. The maximum absolute atomic E-state index is 13.6. The number of rotatable bonds is 2. The zero-order valence-corrected chi connectivity index (χ0v) is 8.21. The maximum Gasteiger partial charge on any atom is 0.266 e. The van der Waals surface area contributed by atoms with Crippen molar-refractivity contribution in [2.75, 3.05) is 6.61 Å². The van der Waals surface area contributed by atoms with Gasteiger partial charge in [-0.1, -0.05) is 0 Å². The van der Waals surface area contributed by atoms with E-state index in [4.69, 9.17) is 9.84 Å². The zero-order valence-electron chi connectivity index (χ0n) is 8.21. The standard InChI is InChI=1S/C9H11FN2O4/c10-7-8(15)5(3-13)16-9(7)4-1-12-6(14)2-11-4/h1-2,5,7-9,13,15H,3H2,(H,12,14). The summed E-state index contributed by atoms with van der Waals surface area (Å²) < 4.78 is 18.7. The Morgan fingerprint density at radius 3 is 2.88 bits per heavy atom. The Morgan fingerprint density at radius 2 is 2.38 bits per heavy atom. The molecule has 7 heteroatoms. The van der Waals surface area contributed by atoms with Gasteiger partial charge in [0.25, 0.3) is 5.56 Å². The second kappa shape index (κ2) is 4.28. The van der Waals surface area contributed by atoms with Crippen LogP contribution in [0.1, 0.15) is 11.8 Å². The largest absolute Gasteiger partial charge is 0.394 e. The summed E-state index contributed by atoms with van der Waals surface area (Å²) in [6, 6.07) is 0. The van der Waals surface area contributed by atoms with Gasteiger partial charge in [-0.2, -0.15) is 0 Å². The van der Waals surface area contributed by atoms with Crippen LogP contribution in [0.3, 0.4) is 0 Å². The average Bonchev–Trinajstić information content (AvgIpc) is 2.57. The maximum atomic E-state index is 13.6. The van der Waals surface area contributed by atoms with Gasteiger partial charge >= 0.3 is 0 Å². The molecular formula is C9H11FN2O4. The highest BCUT2D eigenvalue weighted by atomic mass is 19.1. The van der Waals surface area contributed by atoms with Gasteiger partial charge in [-0.15, -0.1) is 0 Å². The molecule has 1 fully saturated rings. The van der Waals surface area contributed by atoms with Crippen LogP contribution in [0.5, 0.6) is 0 Å². The highest BCUT2D eigenvalue weighted by Crippen LogP contribution is 2.33. The molecule has 4 unspecified atom stereocenters. The van der Waals surface area contributed by atoms with Gasteiger partial charge in [0.1, 0.15) is 18.3 Å². The van der Waals surface area contributed by atoms with Crippen molar-refractivity contribution in [3.05, 3.63) is 28.4 Å². The number of nitrogens with zero attached hydrogens (tertiary/aromatic N) is 1. The Bertz CT molecular complexity index is 404. The van der Waals surface area contributed by atoms with Crippen LogP contribution in [-0.2, 0) is 4.74 Å². The molecule has 0 aromatic carbocycles. The van der Waals surface area contributed by atoms with E-state index in [1.54, 1.807) is 0 Å². The van der Waals surface area contributed by atoms with Gasteiger partial charge in [0.2, 0.25) is 0 Å². The molecule has 1 aliphatic heterocycles. The van der Waals surface area contributed by atoms with E-state index in [1.807, 2.05) is 0 Å². The number of hydrogen-bond acceptors (Lipinski definition) is 5. The van der Waals surface area contributed by atoms with Crippen LogP contribution >= 0.6 is 0 Å². The van der Waals surface area contributed by atoms with E-state index >= 15 is 0 Å². The van der Waals surface area contributed by atoms with Gasteiger partial charge in [-0.25, -0.2) is 4.39 Å². The van der Waals surface area contributed by atoms with Gasteiger partial charge in [0.05, 0.1) is 18.5 Å². The van der Waals surface area contributed by atoms with E-state index in [9.17, 15) is 14.3 Å². The van der Waals surface area contributed by atoms with E-state index in [-0.39, 0.29) is 5.69 Å². The van der Waals surface area contributed by atoms with Crippen molar-refractivity contribution in [3.8, 4) is 0 Å². The van der Waals surface area contributed by atoms with E-state index in [2.05, 4.69) is 9.97 Å². The number of H-pyrrole nitrogens is 1. The molecule has 0 bridgehead atoms. The number of ether oxygens (including phenoxy) is 1. The molecule has 0 amide bonds. The SMILES string of the molecule is O=c1cnc(C2OC(CO)C(O)C2F)c[nH]1. The summed E-state index contributed by atoms with van der Waals surface area (Å²) in [5, 5.41) is 18.2. The van der Waals surface area contributed by atoms with Crippen molar-refractivity contribution in [3.63, 3.8) is 0 Å². The first-order chi connectivity index (χ1) is 7.63. The summed E-state index contributed by atoms with van der Waals surface area (Å²) in [6.07, 6.45) is -2.85. The first-order valence-corrected chi connectivity index (χ1v) is 4.76. The number of alkyl halides is 1. The molecule has 88 valence electrons. The average molecular weight is 230 g/mol. The number of hydrogen-bond donors (Lipinski definition) is 3. The van der Waals surface area contributed by atoms with Crippen LogP contribution in [0.15, 0.2) is 17.2 Å². The van der Waals surface area contributed by atoms with Crippen LogP contribution in [-0.4, -0.2) is 45.2 Å². The van der Waals surface area contributed by atoms with E-state index in [0.717, 1.165) is 6.20 Å². The molecule has 0 saturated carbocycles. The molecule has 3 N–H and O–H groups in total. The van der Waals surface area contributed by atoms with Crippen LogP contribution < -0.4 is 5.56 Å². The van der Waals surface area contributed by atoms with Crippen molar-refractivity contribution in [1.29, 1.82) is 0 Å². The summed E-state index contributed by atoms with van der Waals surface area (Å²) in [5.74, 6) is 0. The van der Waals surface area contributed by atoms with Gasteiger partial charge in [-0.3, -0.25) is 9.78 Å². The summed E-state index contributed by atoms with van der Waals surface area (Å²) in [5.41, 5.74) is -0.224.